The van der Waals surface area contributed by atoms with Crippen LogP contribution in [0.3, 0.4) is 0 Å². The Morgan fingerprint density at radius 3 is 2.12 bits per heavy atom. The fourth-order valence-electron chi connectivity index (χ4n) is 4.73. The van der Waals surface area contributed by atoms with Gasteiger partial charge in [-0.3, -0.25) is 13.9 Å². The Morgan fingerprint density at radius 2 is 1.55 bits per heavy atom. The second kappa shape index (κ2) is 14.4. The largest absolute Gasteiger partial charge is 0.497 e. The predicted octanol–water partition coefficient (Wildman–Crippen LogP) is 5.10. The van der Waals surface area contributed by atoms with Gasteiger partial charge in [-0.1, -0.05) is 54.6 Å². The molecule has 1 atom stereocenters. The number of hydrogen-bond acceptors (Lipinski definition) is 5. The molecule has 0 aromatic heterocycles. The molecule has 0 saturated heterocycles. The average molecular weight is 594 g/mol. The topological polar surface area (TPSA) is 96.0 Å². The zero-order chi connectivity index (χ0) is 30.9. The second-order valence-electron chi connectivity index (χ2n) is 11.5. The third kappa shape index (κ3) is 9.62. The fourth-order valence-corrected chi connectivity index (χ4v) is 5.70. The number of sulfonamides is 1. The molecule has 3 rings (SSSR count). The number of methoxy groups -OCH3 is 1. The lowest BCUT2D eigenvalue weighted by Crippen LogP contribution is -2.54. The number of carbonyl (C=O) groups excluding carboxylic acids is 2. The van der Waals surface area contributed by atoms with Crippen molar-refractivity contribution >= 4 is 27.5 Å². The van der Waals surface area contributed by atoms with E-state index >= 15 is 0 Å². The molecule has 0 bridgehead atoms. The van der Waals surface area contributed by atoms with E-state index in [-0.39, 0.29) is 37.7 Å². The maximum absolute atomic E-state index is 14.0. The van der Waals surface area contributed by atoms with Gasteiger partial charge in [0.25, 0.3) is 0 Å². The maximum Gasteiger partial charge on any atom is 0.243 e. The number of nitrogens with one attached hydrogen (secondary N) is 1. The summed E-state index contributed by atoms with van der Waals surface area (Å²) < 4.78 is 31.8. The highest BCUT2D eigenvalue weighted by Crippen LogP contribution is 2.23. The molecule has 0 aliphatic rings. The van der Waals surface area contributed by atoms with Crippen molar-refractivity contribution in [3.8, 4) is 5.75 Å². The van der Waals surface area contributed by atoms with Crippen LogP contribution in [-0.2, 0) is 32.6 Å². The van der Waals surface area contributed by atoms with E-state index in [1.165, 1.54) is 4.31 Å². The molecule has 1 N–H and O–H groups in total. The highest BCUT2D eigenvalue weighted by atomic mass is 32.2. The van der Waals surface area contributed by atoms with Crippen LogP contribution in [0.1, 0.15) is 50.3 Å². The Bertz CT molecular complexity index is 1430. The fraction of sp³-hybridized carbons (Fsp3) is 0.394. The third-order valence-corrected chi connectivity index (χ3v) is 8.08. The van der Waals surface area contributed by atoms with Crippen molar-refractivity contribution in [1.29, 1.82) is 0 Å². The minimum Gasteiger partial charge on any atom is -0.497 e. The normalized spacial score (nSPS) is 12.3. The lowest BCUT2D eigenvalue weighted by atomic mass is 9.99. The molecule has 0 unspecified atom stereocenters. The van der Waals surface area contributed by atoms with Crippen LogP contribution >= 0.6 is 0 Å². The van der Waals surface area contributed by atoms with Crippen molar-refractivity contribution in [3.63, 3.8) is 0 Å². The molecule has 0 heterocycles. The number of aryl methyl sites for hydroxylation is 1. The molecule has 2 amide bonds. The summed E-state index contributed by atoms with van der Waals surface area (Å²) in [6.07, 6.45) is 1.85. The third-order valence-electron chi connectivity index (χ3n) is 6.88. The SMILES string of the molecule is COc1ccc(N(CCCC(=O)N(Cc2ccccc2C)[C@@H](Cc2ccccc2)C(=O)NC(C)(C)C)S(C)(=O)=O)cc1. The van der Waals surface area contributed by atoms with E-state index in [4.69, 9.17) is 4.74 Å². The molecule has 0 radical (unpaired) electrons. The quantitative estimate of drug-likeness (QED) is 0.297. The van der Waals surface area contributed by atoms with Crippen LogP contribution < -0.4 is 14.4 Å². The minimum absolute atomic E-state index is 0.0716. The first kappa shape index (κ1) is 32.7. The van der Waals surface area contributed by atoms with Crippen LogP contribution in [0.4, 0.5) is 5.69 Å². The van der Waals surface area contributed by atoms with Crippen molar-refractivity contribution < 1.29 is 22.7 Å². The average Bonchev–Trinajstić information content (AvgIpc) is 2.93. The van der Waals surface area contributed by atoms with Crippen LogP contribution in [0.15, 0.2) is 78.9 Å². The number of hydrogen-bond donors (Lipinski definition) is 1. The number of nitrogens with zero attached hydrogens (tertiary/aromatic N) is 2. The molecule has 0 spiro atoms. The summed E-state index contributed by atoms with van der Waals surface area (Å²) in [6.45, 7) is 8.10. The van der Waals surface area contributed by atoms with E-state index in [9.17, 15) is 18.0 Å². The van der Waals surface area contributed by atoms with E-state index in [1.807, 2.05) is 82.3 Å². The van der Waals surface area contributed by atoms with E-state index in [0.29, 0.717) is 17.9 Å². The minimum atomic E-state index is -3.60. The first-order valence-electron chi connectivity index (χ1n) is 14.1. The van der Waals surface area contributed by atoms with Crippen molar-refractivity contribution in [2.24, 2.45) is 0 Å². The second-order valence-corrected chi connectivity index (χ2v) is 13.4. The van der Waals surface area contributed by atoms with Gasteiger partial charge in [0.2, 0.25) is 21.8 Å². The van der Waals surface area contributed by atoms with Crippen molar-refractivity contribution in [3.05, 3.63) is 95.6 Å². The van der Waals surface area contributed by atoms with Gasteiger partial charge in [0, 0.05) is 31.5 Å². The Labute approximate surface area is 250 Å². The van der Waals surface area contributed by atoms with Crippen LogP contribution in [0.25, 0.3) is 0 Å². The van der Waals surface area contributed by atoms with E-state index in [0.717, 1.165) is 22.9 Å². The van der Waals surface area contributed by atoms with Gasteiger partial charge in [0.15, 0.2) is 0 Å². The van der Waals surface area contributed by atoms with E-state index in [1.54, 1.807) is 36.3 Å². The molecule has 0 saturated carbocycles. The number of benzene rings is 3. The Kier molecular flexibility index (Phi) is 11.2. The van der Waals surface area contributed by atoms with Crippen LogP contribution in [0.5, 0.6) is 5.75 Å². The van der Waals surface area contributed by atoms with Gasteiger partial charge in [-0.05, 0) is 75.1 Å². The number of anilines is 1. The monoisotopic (exact) mass is 593 g/mol. The molecule has 0 fully saturated rings. The Balaban J connectivity index is 1.90. The Hall–Kier alpha value is -3.85. The summed E-state index contributed by atoms with van der Waals surface area (Å²) in [5, 5.41) is 3.07. The molecule has 9 heteroatoms. The van der Waals surface area contributed by atoms with Crippen molar-refractivity contribution in [2.45, 2.75) is 65.1 Å². The maximum atomic E-state index is 14.0. The van der Waals surface area contributed by atoms with Crippen molar-refractivity contribution in [1.82, 2.24) is 10.2 Å². The molecule has 226 valence electrons. The van der Waals surface area contributed by atoms with Crippen molar-refractivity contribution in [2.75, 3.05) is 24.2 Å². The molecule has 42 heavy (non-hydrogen) atoms. The standard InChI is InChI=1S/C33H43N3O5S/c1-25-13-10-11-16-27(25)24-35(30(32(38)34-33(2,3)4)23-26-14-8-7-9-15-26)31(37)17-12-22-36(42(6,39)40)28-18-20-29(41-5)21-19-28/h7-11,13-16,18-21,30H,12,17,22-24H2,1-6H3,(H,34,38)/t30-/m0/s1. The van der Waals surface area contributed by atoms with Gasteiger partial charge in [-0.2, -0.15) is 0 Å². The van der Waals surface area contributed by atoms with Gasteiger partial charge in [0.05, 0.1) is 19.1 Å². The van der Waals surface area contributed by atoms with Crippen LogP contribution in [-0.4, -0.2) is 56.6 Å². The van der Waals surface area contributed by atoms with Gasteiger partial charge in [-0.15, -0.1) is 0 Å². The smallest absolute Gasteiger partial charge is 0.243 e. The van der Waals surface area contributed by atoms with Gasteiger partial charge in [0.1, 0.15) is 11.8 Å². The molecular formula is C33H43N3O5S. The highest BCUT2D eigenvalue weighted by molar-refractivity contribution is 7.92. The van der Waals surface area contributed by atoms with Gasteiger partial charge < -0.3 is 15.0 Å². The number of carbonyl (C=O) groups is 2. The molecule has 3 aromatic carbocycles. The van der Waals surface area contributed by atoms with Gasteiger partial charge in [-0.25, -0.2) is 8.42 Å². The first-order chi connectivity index (χ1) is 19.8. The summed E-state index contributed by atoms with van der Waals surface area (Å²) >= 11 is 0. The summed E-state index contributed by atoms with van der Waals surface area (Å²) in [7, 11) is -2.05. The number of rotatable bonds is 13. The molecule has 0 aliphatic heterocycles. The summed E-state index contributed by atoms with van der Waals surface area (Å²) in [5.41, 5.74) is 2.92. The first-order valence-corrected chi connectivity index (χ1v) is 15.9. The zero-order valence-corrected chi connectivity index (χ0v) is 26.3. The molecule has 8 nitrogen and oxygen atoms in total. The molecule has 3 aromatic rings. The van der Waals surface area contributed by atoms with Gasteiger partial charge >= 0.3 is 0 Å². The summed E-state index contributed by atoms with van der Waals surface area (Å²) in [5.74, 6) is 0.169. The summed E-state index contributed by atoms with van der Waals surface area (Å²) in [6, 6.07) is 23.5. The molecule has 0 aliphatic carbocycles. The number of ether oxygens (including phenoxy) is 1. The lowest BCUT2D eigenvalue weighted by Gasteiger charge is -2.34. The Morgan fingerprint density at radius 1 is 0.929 bits per heavy atom. The summed E-state index contributed by atoms with van der Waals surface area (Å²) in [4.78, 5) is 29.4. The highest BCUT2D eigenvalue weighted by Gasteiger charge is 2.32. The number of amides is 2. The van der Waals surface area contributed by atoms with Crippen LogP contribution in [0, 0.1) is 6.92 Å². The van der Waals surface area contributed by atoms with E-state index < -0.39 is 21.6 Å². The predicted molar refractivity (Wildman–Crippen MR) is 168 cm³/mol. The van der Waals surface area contributed by atoms with Crippen LogP contribution in [0.2, 0.25) is 0 Å². The lowest BCUT2D eigenvalue weighted by molar-refractivity contribution is -0.142. The molecular weight excluding hydrogens is 550 g/mol. The zero-order valence-electron chi connectivity index (χ0n) is 25.5. The van der Waals surface area contributed by atoms with E-state index in [2.05, 4.69) is 5.32 Å².